The third-order valence-corrected chi connectivity index (χ3v) is 5.62. The van der Waals surface area contributed by atoms with Crippen molar-refractivity contribution in [2.45, 2.75) is 6.92 Å². The van der Waals surface area contributed by atoms with E-state index in [2.05, 4.69) is 10.1 Å². The van der Waals surface area contributed by atoms with Crippen LogP contribution in [0.15, 0.2) is 72.0 Å². The first-order valence-electron chi connectivity index (χ1n) is 11.1. The Balaban J connectivity index is 1.89. The van der Waals surface area contributed by atoms with Gasteiger partial charge in [-0.1, -0.05) is 22.9 Å². The Morgan fingerprint density at radius 3 is 2.14 bits per heavy atom. The van der Waals surface area contributed by atoms with E-state index in [4.69, 9.17) is 23.8 Å². The molecule has 4 aromatic rings. The van der Waals surface area contributed by atoms with Crippen LogP contribution in [0.2, 0.25) is 0 Å². The summed E-state index contributed by atoms with van der Waals surface area (Å²) in [5.41, 5.74) is 2.75. The Bertz CT molecular complexity index is 1450. The van der Waals surface area contributed by atoms with Crippen molar-refractivity contribution in [2.24, 2.45) is 5.16 Å². The molecular formula is C28H26N2O6. The van der Waals surface area contributed by atoms with E-state index in [0.29, 0.717) is 45.5 Å². The van der Waals surface area contributed by atoms with E-state index >= 15 is 0 Å². The van der Waals surface area contributed by atoms with Crippen LogP contribution >= 0.6 is 0 Å². The summed E-state index contributed by atoms with van der Waals surface area (Å²) in [5.74, 6) is 1.57. The van der Waals surface area contributed by atoms with Gasteiger partial charge in [0.05, 0.1) is 34.0 Å². The van der Waals surface area contributed by atoms with E-state index in [0.717, 1.165) is 16.3 Å². The molecule has 0 radical (unpaired) electrons. The second-order valence-corrected chi connectivity index (χ2v) is 7.85. The van der Waals surface area contributed by atoms with Crippen molar-refractivity contribution in [3.05, 3.63) is 89.2 Å². The Morgan fingerprint density at radius 2 is 1.44 bits per heavy atom. The smallest absolute Gasteiger partial charge is 0.365 e. The van der Waals surface area contributed by atoms with E-state index < -0.39 is 5.97 Å². The summed E-state index contributed by atoms with van der Waals surface area (Å²) in [7, 11) is 6.24. The first-order chi connectivity index (χ1) is 17.5. The predicted octanol–water partition coefficient (Wildman–Crippen LogP) is 5.19. The number of fused-ring (bicyclic) bond motifs is 1. The molecule has 0 atom stereocenters. The van der Waals surface area contributed by atoms with Gasteiger partial charge in [0.2, 0.25) is 0 Å². The predicted molar refractivity (Wildman–Crippen MR) is 137 cm³/mol. The Morgan fingerprint density at radius 1 is 0.750 bits per heavy atom. The standard InChI is InChI=1S/C28H26N2O6/c1-17-7-6-8-20(13-17)28(31)36-30-26(19-9-10-22(32-2)23(15-19)33-3)27-21-16-25(35-5)24(34-4)14-18(21)11-12-29-27/h6-16H,1-5H3. The average molecular weight is 487 g/mol. The molecule has 36 heavy (non-hydrogen) atoms. The lowest BCUT2D eigenvalue weighted by molar-refractivity contribution is 0.0517. The van der Waals surface area contributed by atoms with Crippen LogP contribution in [0.5, 0.6) is 23.0 Å². The fraction of sp³-hybridized carbons (Fsp3) is 0.179. The van der Waals surface area contributed by atoms with Gasteiger partial charge in [-0.25, -0.2) is 4.79 Å². The molecule has 8 nitrogen and oxygen atoms in total. The van der Waals surface area contributed by atoms with Crippen LogP contribution in [0.4, 0.5) is 0 Å². The van der Waals surface area contributed by atoms with E-state index in [1.165, 1.54) is 0 Å². The van der Waals surface area contributed by atoms with Crippen molar-refractivity contribution in [2.75, 3.05) is 28.4 Å². The van der Waals surface area contributed by atoms with Crippen LogP contribution in [0.1, 0.15) is 27.2 Å². The van der Waals surface area contributed by atoms with Crippen molar-refractivity contribution in [3.8, 4) is 23.0 Å². The highest BCUT2D eigenvalue weighted by molar-refractivity contribution is 6.18. The molecule has 0 bridgehead atoms. The van der Waals surface area contributed by atoms with Crippen molar-refractivity contribution < 1.29 is 28.6 Å². The highest BCUT2D eigenvalue weighted by atomic mass is 16.7. The number of aromatic nitrogens is 1. The number of nitrogens with zero attached hydrogens (tertiary/aromatic N) is 2. The molecule has 0 saturated heterocycles. The Kier molecular flexibility index (Phi) is 7.34. The van der Waals surface area contributed by atoms with Crippen LogP contribution in [-0.2, 0) is 4.84 Å². The zero-order valence-electron chi connectivity index (χ0n) is 20.7. The molecule has 0 unspecified atom stereocenters. The quantitative estimate of drug-likeness (QED) is 0.192. The molecule has 0 fully saturated rings. The lowest BCUT2D eigenvalue weighted by Gasteiger charge is -2.14. The summed E-state index contributed by atoms with van der Waals surface area (Å²) in [5, 5.41) is 5.86. The first-order valence-corrected chi connectivity index (χ1v) is 11.1. The van der Waals surface area contributed by atoms with E-state index in [-0.39, 0.29) is 0 Å². The number of oxime groups is 1. The molecule has 1 heterocycles. The van der Waals surface area contributed by atoms with E-state index in [9.17, 15) is 4.79 Å². The van der Waals surface area contributed by atoms with Gasteiger partial charge in [-0.05, 0) is 60.8 Å². The largest absolute Gasteiger partial charge is 0.493 e. The molecule has 0 amide bonds. The molecule has 0 aliphatic rings. The number of hydrogen-bond acceptors (Lipinski definition) is 8. The molecule has 8 heteroatoms. The van der Waals surface area contributed by atoms with Gasteiger partial charge >= 0.3 is 5.97 Å². The number of ether oxygens (including phenoxy) is 4. The van der Waals surface area contributed by atoms with Crippen molar-refractivity contribution in [3.63, 3.8) is 0 Å². The maximum absolute atomic E-state index is 12.8. The van der Waals surface area contributed by atoms with Gasteiger partial charge in [0.1, 0.15) is 11.4 Å². The molecule has 0 saturated carbocycles. The maximum atomic E-state index is 12.8. The molecular weight excluding hydrogens is 460 g/mol. The number of hydrogen-bond donors (Lipinski definition) is 0. The summed E-state index contributed by atoms with van der Waals surface area (Å²) in [6.07, 6.45) is 1.65. The van der Waals surface area contributed by atoms with Crippen LogP contribution in [-0.4, -0.2) is 45.1 Å². The zero-order chi connectivity index (χ0) is 25.7. The topological polar surface area (TPSA) is 88.5 Å². The van der Waals surface area contributed by atoms with Crippen LogP contribution in [0.25, 0.3) is 10.8 Å². The van der Waals surface area contributed by atoms with Gasteiger partial charge < -0.3 is 23.8 Å². The lowest BCUT2D eigenvalue weighted by atomic mass is 10.0. The molecule has 0 aliphatic heterocycles. The number of carbonyl (C=O) groups is 1. The second kappa shape index (κ2) is 10.8. The summed E-state index contributed by atoms with van der Waals surface area (Å²) < 4.78 is 21.8. The third kappa shape index (κ3) is 4.93. The normalized spacial score (nSPS) is 11.2. The van der Waals surface area contributed by atoms with Gasteiger partial charge in [0.15, 0.2) is 23.0 Å². The van der Waals surface area contributed by atoms with Gasteiger partial charge in [-0.3, -0.25) is 4.98 Å². The molecule has 184 valence electrons. The number of pyridine rings is 1. The first kappa shape index (κ1) is 24.5. The van der Waals surface area contributed by atoms with Crippen molar-refractivity contribution in [1.29, 1.82) is 0 Å². The molecule has 0 spiro atoms. The molecule has 3 aromatic carbocycles. The number of carbonyl (C=O) groups excluding carboxylic acids is 1. The van der Waals surface area contributed by atoms with Crippen molar-refractivity contribution >= 4 is 22.5 Å². The fourth-order valence-electron chi connectivity index (χ4n) is 3.82. The molecule has 0 aliphatic carbocycles. The average Bonchev–Trinajstić information content (AvgIpc) is 2.92. The fourth-order valence-corrected chi connectivity index (χ4v) is 3.82. The monoisotopic (exact) mass is 486 g/mol. The second-order valence-electron chi connectivity index (χ2n) is 7.85. The van der Waals surface area contributed by atoms with Gasteiger partial charge in [-0.15, -0.1) is 0 Å². The lowest BCUT2D eigenvalue weighted by Crippen LogP contribution is -2.11. The molecule has 4 rings (SSSR count). The minimum Gasteiger partial charge on any atom is -0.493 e. The highest BCUT2D eigenvalue weighted by Crippen LogP contribution is 2.35. The third-order valence-electron chi connectivity index (χ3n) is 5.62. The van der Waals surface area contributed by atoms with Crippen LogP contribution in [0.3, 0.4) is 0 Å². The van der Waals surface area contributed by atoms with Gasteiger partial charge in [0.25, 0.3) is 0 Å². The summed E-state index contributed by atoms with van der Waals surface area (Å²) in [6.45, 7) is 1.90. The SMILES string of the molecule is COc1ccc(C(=NOC(=O)c2cccc(C)c2)c2nccc3cc(OC)c(OC)cc23)cc1OC. The van der Waals surface area contributed by atoms with Gasteiger partial charge in [-0.2, -0.15) is 0 Å². The number of aryl methyl sites for hydroxylation is 1. The van der Waals surface area contributed by atoms with Crippen LogP contribution in [0, 0.1) is 6.92 Å². The van der Waals surface area contributed by atoms with Crippen molar-refractivity contribution in [1.82, 2.24) is 4.98 Å². The summed E-state index contributed by atoms with van der Waals surface area (Å²) in [6, 6.07) is 17.9. The van der Waals surface area contributed by atoms with E-state index in [1.807, 2.05) is 31.2 Å². The Hall–Kier alpha value is -4.59. The maximum Gasteiger partial charge on any atom is 0.365 e. The summed E-state index contributed by atoms with van der Waals surface area (Å²) >= 11 is 0. The Labute approximate surface area is 209 Å². The number of rotatable bonds is 8. The minimum absolute atomic E-state index is 0.328. The summed E-state index contributed by atoms with van der Waals surface area (Å²) in [4.78, 5) is 22.8. The van der Waals surface area contributed by atoms with Gasteiger partial charge in [0, 0.05) is 17.1 Å². The zero-order valence-corrected chi connectivity index (χ0v) is 20.7. The molecule has 1 aromatic heterocycles. The van der Waals surface area contributed by atoms with Crippen LogP contribution < -0.4 is 18.9 Å². The van der Waals surface area contributed by atoms with E-state index in [1.54, 1.807) is 71.0 Å². The molecule has 0 N–H and O–H groups in total. The minimum atomic E-state index is -0.587. The highest BCUT2D eigenvalue weighted by Gasteiger charge is 2.19. The number of benzene rings is 3. The number of methoxy groups -OCH3 is 4.